The smallest absolute Gasteiger partial charge is 0.335 e. The van der Waals surface area contributed by atoms with E-state index >= 15 is 0 Å². The van der Waals surface area contributed by atoms with Crippen molar-refractivity contribution in [2.24, 2.45) is 0 Å². The van der Waals surface area contributed by atoms with Crippen LogP contribution < -0.4 is 10.6 Å². The first-order chi connectivity index (χ1) is 9.92. The molecule has 1 aliphatic rings. The molecule has 0 aliphatic carbocycles. The Morgan fingerprint density at radius 2 is 2.00 bits per heavy atom. The third kappa shape index (κ3) is 3.65. The highest BCUT2D eigenvalue weighted by Gasteiger charge is 2.30. The first-order valence-corrected chi connectivity index (χ1v) is 6.97. The fourth-order valence-electron chi connectivity index (χ4n) is 2.11. The van der Waals surface area contributed by atoms with Gasteiger partial charge >= 0.3 is 5.97 Å². The van der Waals surface area contributed by atoms with Gasteiger partial charge < -0.3 is 20.5 Å². The van der Waals surface area contributed by atoms with Gasteiger partial charge in [-0.2, -0.15) is 0 Å². The fourth-order valence-corrected chi connectivity index (χ4v) is 2.69. The number of methoxy groups -OCH3 is 1. The predicted molar refractivity (Wildman–Crippen MR) is 79.3 cm³/mol. The average Bonchev–Trinajstić information content (AvgIpc) is 2.91. The van der Waals surface area contributed by atoms with Gasteiger partial charge in [-0.1, -0.05) is 23.2 Å². The van der Waals surface area contributed by atoms with Gasteiger partial charge in [-0.05, 0) is 18.6 Å². The number of carboxylic acid groups (broad SMARTS) is 1. The molecule has 2 atom stereocenters. The van der Waals surface area contributed by atoms with Crippen LogP contribution in [0.1, 0.15) is 16.8 Å². The Kier molecular flexibility index (Phi) is 5.05. The summed E-state index contributed by atoms with van der Waals surface area (Å²) in [5.74, 6) is -1.43. The van der Waals surface area contributed by atoms with Crippen molar-refractivity contribution in [1.29, 1.82) is 0 Å². The van der Waals surface area contributed by atoms with Gasteiger partial charge in [0.15, 0.2) is 0 Å². The zero-order valence-electron chi connectivity index (χ0n) is 11.2. The Morgan fingerprint density at radius 3 is 2.48 bits per heavy atom. The summed E-state index contributed by atoms with van der Waals surface area (Å²) in [5.41, 5.74) is 0.164. The van der Waals surface area contributed by atoms with Gasteiger partial charge in [-0.15, -0.1) is 0 Å². The van der Waals surface area contributed by atoms with Gasteiger partial charge in [0.05, 0.1) is 33.4 Å². The summed E-state index contributed by atoms with van der Waals surface area (Å²) in [6.45, 7) is 0.591. The zero-order chi connectivity index (χ0) is 15.6. The van der Waals surface area contributed by atoms with Crippen LogP contribution in [-0.4, -0.2) is 42.8 Å². The van der Waals surface area contributed by atoms with Crippen molar-refractivity contribution in [3.63, 3.8) is 0 Å². The summed E-state index contributed by atoms with van der Waals surface area (Å²) < 4.78 is 5.17. The topological polar surface area (TPSA) is 87.7 Å². The first kappa shape index (κ1) is 16.0. The van der Waals surface area contributed by atoms with E-state index in [0.29, 0.717) is 13.0 Å². The van der Waals surface area contributed by atoms with E-state index in [0.717, 1.165) is 0 Å². The standard InChI is InChI=1S/C13H14Cl2N2O4/c1-21-7-4-10(16-5-7)12(18)17-11-8(14)2-6(13(19)20)3-9(11)15/h2-3,7,10,16H,4-5H2,1H3,(H,17,18)(H,19,20). The van der Waals surface area contributed by atoms with E-state index < -0.39 is 12.0 Å². The molecule has 8 heteroatoms. The molecule has 1 aromatic carbocycles. The number of amides is 1. The van der Waals surface area contributed by atoms with Crippen LogP contribution in [0.5, 0.6) is 0 Å². The molecular weight excluding hydrogens is 319 g/mol. The Morgan fingerprint density at radius 1 is 1.38 bits per heavy atom. The molecule has 114 valence electrons. The molecule has 1 amide bonds. The molecule has 1 heterocycles. The van der Waals surface area contributed by atoms with Gasteiger partial charge in [0.25, 0.3) is 0 Å². The number of ether oxygens (including phenoxy) is 1. The summed E-state index contributed by atoms with van der Waals surface area (Å²) in [6, 6.07) is 2.08. The van der Waals surface area contributed by atoms with Crippen molar-refractivity contribution in [2.45, 2.75) is 18.6 Å². The van der Waals surface area contributed by atoms with Gasteiger partial charge in [0.2, 0.25) is 5.91 Å². The molecule has 0 spiro atoms. The SMILES string of the molecule is COC1CNC(C(=O)Nc2c(Cl)cc(C(=O)O)cc2Cl)C1. The van der Waals surface area contributed by atoms with Crippen LogP contribution in [0, 0.1) is 0 Å². The fraction of sp³-hybridized carbons (Fsp3) is 0.385. The number of aromatic carboxylic acids is 1. The number of halogens is 2. The lowest BCUT2D eigenvalue weighted by molar-refractivity contribution is -0.118. The van der Waals surface area contributed by atoms with Crippen LogP contribution in [0.3, 0.4) is 0 Å². The lowest BCUT2D eigenvalue weighted by Gasteiger charge is -2.14. The molecular formula is C13H14Cl2N2O4. The second kappa shape index (κ2) is 6.62. The predicted octanol–water partition coefficient (Wildman–Crippen LogP) is 2.01. The normalized spacial score (nSPS) is 21.3. The first-order valence-electron chi connectivity index (χ1n) is 6.21. The van der Waals surface area contributed by atoms with Crippen molar-refractivity contribution < 1.29 is 19.4 Å². The average molecular weight is 333 g/mol. The number of hydrogen-bond donors (Lipinski definition) is 3. The van der Waals surface area contributed by atoms with E-state index in [9.17, 15) is 9.59 Å². The Hall–Kier alpha value is -1.34. The minimum atomic E-state index is -1.14. The minimum Gasteiger partial charge on any atom is -0.478 e. The molecule has 0 radical (unpaired) electrons. The van der Waals surface area contributed by atoms with Crippen LogP contribution >= 0.6 is 23.2 Å². The van der Waals surface area contributed by atoms with Gasteiger partial charge in [0, 0.05) is 13.7 Å². The lowest BCUT2D eigenvalue weighted by atomic mass is 10.1. The number of nitrogens with one attached hydrogen (secondary N) is 2. The van der Waals surface area contributed by atoms with E-state index in [1.54, 1.807) is 7.11 Å². The van der Waals surface area contributed by atoms with Crippen LogP contribution in [0.2, 0.25) is 10.0 Å². The van der Waals surface area contributed by atoms with E-state index in [1.807, 2.05) is 0 Å². The number of rotatable bonds is 4. The van der Waals surface area contributed by atoms with Crippen LogP contribution in [0.4, 0.5) is 5.69 Å². The highest BCUT2D eigenvalue weighted by Crippen LogP contribution is 2.32. The zero-order valence-corrected chi connectivity index (χ0v) is 12.7. The molecule has 2 rings (SSSR count). The van der Waals surface area contributed by atoms with Gasteiger partial charge in [-0.3, -0.25) is 4.79 Å². The Labute approximate surface area is 131 Å². The van der Waals surface area contributed by atoms with Crippen molar-refractivity contribution >= 4 is 40.8 Å². The monoisotopic (exact) mass is 332 g/mol. The maximum atomic E-state index is 12.1. The molecule has 1 fully saturated rings. The lowest BCUT2D eigenvalue weighted by Crippen LogP contribution is -2.35. The molecule has 0 bridgehead atoms. The summed E-state index contributed by atoms with van der Waals surface area (Å²) in [5, 5.41) is 14.7. The third-order valence-electron chi connectivity index (χ3n) is 3.28. The summed E-state index contributed by atoms with van der Waals surface area (Å²) in [6.07, 6.45) is 0.534. The highest BCUT2D eigenvalue weighted by atomic mass is 35.5. The molecule has 3 N–H and O–H groups in total. The number of carboxylic acids is 1. The van der Waals surface area contributed by atoms with Crippen LogP contribution in [0.15, 0.2) is 12.1 Å². The quantitative estimate of drug-likeness (QED) is 0.785. The van der Waals surface area contributed by atoms with Crippen molar-refractivity contribution in [2.75, 3.05) is 19.0 Å². The molecule has 2 unspecified atom stereocenters. The second-order valence-corrected chi connectivity index (χ2v) is 5.48. The van der Waals surface area contributed by atoms with E-state index in [4.69, 9.17) is 33.0 Å². The van der Waals surface area contributed by atoms with Crippen molar-refractivity contribution in [3.05, 3.63) is 27.7 Å². The molecule has 0 saturated carbocycles. The molecule has 21 heavy (non-hydrogen) atoms. The summed E-state index contributed by atoms with van der Waals surface area (Å²) in [7, 11) is 1.59. The van der Waals surface area contributed by atoms with Gasteiger partial charge in [-0.25, -0.2) is 4.79 Å². The molecule has 1 saturated heterocycles. The molecule has 0 aromatic heterocycles. The third-order valence-corrected chi connectivity index (χ3v) is 3.87. The van der Waals surface area contributed by atoms with Crippen LogP contribution in [0.25, 0.3) is 0 Å². The second-order valence-electron chi connectivity index (χ2n) is 4.66. The molecule has 1 aliphatic heterocycles. The molecule has 6 nitrogen and oxygen atoms in total. The summed E-state index contributed by atoms with van der Waals surface area (Å²) in [4.78, 5) is 23.0. The number of benzene rings is 1. The highest BCUT2D eigenvalue weighted by molar-refractivity contribution is 6.40. The van der Waals surface area contributed by atoms with Gasteiger partial charge in [0.1, 0.15) is 0 Å². The van der Waals surface area contributed by atoms with E-state index in [1.165, 1.54) is 12.1 Å². The van der Waals surface area contributed by atoms with Crippen molar-refractivity contribution in [1.82, 2.24) is 5.32 Å². The Bertz CT molecular complexity index is 556. The van der Waals surface area contributed by atoms with Crippen LogP contribution in [-0.2, 0) is 9.53 Å². The number of hydrogen-bond acceptors (Lipinski definition) is 4. The largest absolute Gasteiger partial charge is 0.478 e. The summed E-state index contributed by atoms with van der Waals surface area (Å²) >= 11 is 12.0. The minimum absolute atomic E-state index is 0.0129. The van der Waals surface area contributed by atoms with Crippen molar-refractivity contribution in [3.8, 4) is 0 Å². The number of anilines is 1. The number of carbonyl (C=O) groups is 2. The molecule has 1 aromatic rings. The van der Waals surface area contributed by atoms with E-state index in [2.05, 4.69) is 10.6 Å². The van der Waals surface area contributed by atoms with E-state index in [-0.39, 0.29) is 33.3 Å². The maximum absolute atomic E-state index is 12.1. The maximum Gasteiger partial charge on any atom is 0.335 e. The Balaban J connectivity index is 2.13. The number of carbonyl (C=O) groups excluding carboxylic acids is 1.